The third-order valence-electron chi connectivity index (χ3n) is 6.00. The fraction of sp³-hybridized carbons (Fsp3) is 0.333. The molecule has 12 nitrogen and oxygen atoms in total. The molecule has 1 fully saturated rings. The summed E-state index contributed by atoms with van der Waals surface area (Å²) in [5, 5.41) is 2.56. The summed E-state index contributed by atoms with van der Waals surface area (Å²) in [6, 6.07) is 5.92. The van der Waals surface area contributed by atoms with E-state index in [2.05, 4.69) is 56.8 Å². The summed E-state index contributed by atoms with van der Waals surface area (Å²) in [5.74, 6) is 0.761. The van der Waals surface area contributed by atoms with Crippen LogP contribution in [0.1, 0.15) is 0 Å². The lowest BCUT2D eigenvalue weighted by atomic mass is 10.0. The van der Waals surface area contributed by atoms with Crippen LogP contribution in [0.25, 0.3) is 33.5 Å². The molecule has 0 spiro atoms. The first kappa shape index (κ1) is 23.6. The van der Waals surface area contributed by atoms with Gasteiger partial charge in [0.1, 0.15) is 12.1 Å². The van der Waals surface area contributed by atoms with Crippen LogP contribution in [-0.4, -0.2) is 99.3 Å². The molecule has 1 aliphatic heterocycles. The van der Waals surface area contributed by atoms with Gasteiger partial charge in [0.15, 0.2) is 5.82 Å². The standard InChI is InChI=1S/C24H27N9O3/c1-32-6-8-33(9-7-32)10-11-36-23-27-14-17(15-28-23)16-12-18(21-25-4-3-5-26-21)20-19(13-16)29-22(30-20)31-24(34)35-2/h3-5,12-15H,6-11H2,1-2H3,(H2,29,30,31,34). The van der Waals surface area contributed by atoms with Gasteiger partial charge in [0.25, 0.3) is 0 Å². The minimum atomic E-state index is -0.622. The maximum absolute atomic E-state index is 11.7. The number of rotatable bonds is 7. The number of amides is 1. The fourth-order valence-corrected chi connectivity index (χ4v) is 3.98. The summed E-state index contributed by atoms with van der Waals surface area (Å²) in [4.78, 5) is 41.5. The lowest BCUT2D eigenvalue weighted by molar-refractivity contribution is 0.131. The quantitative estimate of drug-likeness (QED) is 0.398. The summed E-state index contributed by atoms with van der Waals surface area (Å²) in [6.45, 7) is 5.61. The molecule has 1 saturated heterocycles. The molecule has 5 rings (SSSR count). The van der Waals surface area contributed by atoms with Crippen LogP contribution in [0.2, 0.25) is 0 Å². The summed E-state index contributed by atoms with van der Waals surface area (Å²) in [7, 11) is 3.43. The summed E-state index contributed by atoms with van der Waals surface area (Å²) >= 11 is 0. The Labute approximate surface area is 207 Å². The number of carbonyl (C=O) groups excluding carboxylic acids is 1. The van der Waals surface area contributed by atoms with Crippen LogP contribution in [-0.2, 0) is 4.74 Å². The van der Waals surface area contributed by atoms with E-state index in [1.165, 1.54) is 7.11 Å². The van der Waals surface area contributed by atoms with Crippen molar-refractivity contribution in [3.63, 3.8) is 0 Å². The van der Waals surface area contributed by atoms with E-state index in [4.69, 9.17) is 4.74 Å². The number of anilines is 1. The molecule has 4 heterocycles. The van der Waals surface area contributed by atoms with Gasteiger partial charge in [-0.1, -0.05) is 0 Å². The SMILES string of the molecule is COC(=O)Nc1nc2c(-c3ncccn3)cc(-c3cnc(OCCN4CCN(C)CC4)nc3)cc2[nH]1. The Morgan fingerprint density at radius 2 is 1.81 bits per heavy atom. The smallest absolute Gasteiger partial charge is 0.413 e. The van der Waals surface area contributed by atoms with Crippen LogP contribution in [0.15, 0.2) is 43.0 Å². The number of methoxy groups -OCH3 is 1. The number of fused-ring (bicyclic) bond motifs is 1. The second-order valence-corrected chi connectivity index (χ2v) is 8.44. The van der Waals surface area contributed by atoms with E-state index in [0.29, 0.717) is 35.0 Å². The topological polar surface area (TPSA) is 134 Å². The number of aromatic nitrogens is 6. The zero-order valence-electron chi connectivity index (χ0n) is 20.1. The second-order valence-electron chi connectivity index (χ2n) is 8.44. The molecule has 0 saturated carbocycles. The van der Waals surface area contributed by atoms with Crippen molar-refractivity contribution in [2.75, 3.05) is 58.8 Å². The number of piperazine rings is 1. The zero-order valence-corrected chi connectivity index (χ0v) is 20.1. The lowest BCUT2D eigenvalue weighted by Crippen LogP contribution is -2.45. The number of benzene rings is 1. The van der Waals surface area contributed by atoms with Gasteiger partial charge in [-0.3, -0.25) is 10.2 Å². The molecule has 2 N–H and O–H groups in total. The van der Waals surface area contributed by atoms with Crippen LogP contribution in [0.3, 0.4) is 0 Å². The average molecular weight is 490 g/mol. The van der Waals surface area contributed by atoms with Gasteiger partial charge in [0.05, 0.1) is 12.6 Å². The molecule has 0 unspecified atom stereocenters. The first-order valence-electron chi connectivity index (χ1n) is 11.6. The van der Waals surface area contributed by atoms with Gasteiger partial charge >= 0.3 is 12.1 Å². The van der Waals surface area contributed by atoms with Gasteiger partial charge in [-0.05, 0) is 30.8 Å². The normalized spacial score (nSPS) is 14.6. The Morgan fingerprint density at radius 1 is 1.06 bits per heavy atom. The van der Waals surface area contributed by atoms with Gasteiger partial charge in [-0.15, -0.1) is 0 Å². The van der Waals surface area contributed by atoms with Crippen LogP contribution in [0.5, 0.6) is 6.01 Å². The number of hydrogen-bond acceptors (Lipinski definition) is 10. The number of nitrogens with one attached hydrogen (secondary N) is 2. The number of nitrogens with zero attached hydrogens (tertiary/aromatic N) is 7. The number of ether oxygens (including phenoxy) is 2. The maximum atomic E-state index is 11.7. The van der Waals surface area contributed by atoms with E-state index in [0.717, 1.165) is 43.9 Å². The highest BCUT2D eigenvalue weighted by atomic mass is 16.5. The van der Waals surface area contributed by atoms with Gasteiger partial charge < -0.3 is 19.4 Å². The first-order valence-corrected chi connectivity index (χ1v) is 11.6. The van der Waals surface area contributed by atoms with E-state index in [1.54, 1.807) is 30.9 Å². The molecule has 0 aliphatic carbocycles. The third kappa shape index (κ3) is 5.39. The molecule has 1 amide bonds. The summed E-state index contributed by atoms with van der Waals surface area (Å²) in [6.07, 6.45) is 6.15. The van der Waals surface area contributed by atoms with Crippen LogP contribution < -0.4 is 10.1 Å². The van der Waals surface area contributed by atoms with Gasteiger partial charge in [-0.2, -0.15) is 0 Å². The number of aromatic amines is 1. The van der Waals surface area contributed by atoms with Crippen LogP contribution in [0.4, 0.5) is 10.7 Å². The molecule has 0 radical (unpaired) electrons. The van der Waals surface area contributed by atoms with Crippen molar-refractivity contribution < 1.29 is 14.3 Å². The molecule has 3 aromatic heterocycles. The maximum Gasteiger partial charge on any atom is 0.413 e. The summed E-state index contributed by atoms with van der Waals surface area (Å²) < 4.78 is 10.4. The monoisotopic (exact) mass is 489 g/mol. The highest BCUT2D eigenvalue weighted by Gasteiger charge is 2.16. The first-order chi connectivity index (χ1) is 17.6. The number of carbonyl (C=O) groups is 1. The molecule has 186 valence electrons. The number of hydrogen-bond donors (Lipinski definition) is 2. The van der Waals surface area contributed by atoms with E-state index in [9.17, 15) is 4.79 Å². The number of likely N-dealkylation sites (N-methyl/N-ethyl adjacent to an activating group) is 1. The average Bonchev–Trinajstić information content (AvgIpc) is 3.32. The highest BCUT2D eigenvalue weighted by molar-refractivity contribution is 5.96. The van der Waals surface area contributed by atoms with Crippen molar-refractivity contribution in [2.45, 2.75) is 0 Å². The Hall–Kier alpha value is -4.16. The second kappa shape index (κ2) is 10.6. The van der Waals surface area contributed by atoms with E-state index in [-0.39, 0.29) is 5.95 Å². The largest absolute Gasteiger partial charge is 0.462 e. The Bertz CT molecular complexity index is 1320. The predicted molar refractivity (Wildman–Crippen MR) is 134 cm³/mol. The Balaban J connectivity index is 1.36. The van der Waals surface area contributed by atoms with Crippen LogP contribution >= 0.6 is 0 Å². The van der Waals surface area contributed by atoms with Gasteiger partial charge in [0, 0.05) is 68.6 Å². The van der Waals surface area contributed by atoms with E-state index < -0.39 is 6.09 Å². The predicted octanol–water partition coefficient (Wildman–Crippen LogP) is 2.28. The zero-order chi connectivity index (χ0) is 24.9. The van der Waals surface area contributed by atoms with Gasteiger partial charge in [0.2, 0.25) is 5.95 Å². The molecular formula is C24H27N9O3. The minimum absolute atomic E-state index is 0.256. The van der Waals surface area contributed by atoms with Gasteiger partial charge in [-0.25, -0.2) is 29.7 Å². The minimum Gasteiger partial charge on any atom is -0.462 e. The molecular weight excluding hydrogens is 462 g/mol. The number of H-pyrrole nitrogens is 1. The molecule has 4 aromatic rings. The highest BCUT2D eigenvalue weighted by Crippen LogP contribution is 2.32. The lowest BCUT2D eigenvalue weighted by Gasteiger charge is -2.31. The molecule has 0 atom stereocenters. The molecule has 36 heavy (non-hydrogen) atoms. The van der Waals surface area contributed by atoms with E-state index in [1.807, 2.05) is 12.1 Å². The van der Waals surface area contributed by atoms with E-state index >= 15 is 0 Å². The van der Waals surface area contributed by atoms with Crippen molar-refractivity contribution in [3.8, 4) is 28.5 Å². The fourth-order valence-electron chi connectivity index (χ4n) is 3.98. The molecule has 0 bridgehead atoms. The Morgan fingerprint density at radius 3 is 2.53 bits per heavy atom. The van der Waals surface area contributed by atoms with Crippen molar-refractivity contribution >= 4 is 23.1 Å². The summed E-state index contributed by atoms with van der Waals surface area (Å²) in [5.41, 5.74) is 3.62. The molecule has 1 aromatic carbocycles. The van der Waals surface area contributed by atoms with Crippen LogP contribution in [0, 0.1) is 0 Å². The van der Waals surface area contributed by atoms with Crippen molar-refractivity contribution in [1.82, 2.24) is 39.7 Å². The third-order valence-corrected chi connectivity index (χ3v) is 6.00. The molecule has 1 aliphatic rings. The Kier molecular flexibility index (Phi) is 6.96. The molecule has 12 heteroatoms. The number of imidazole rings is 1. The van der Waals surface area contributed by atoms with Crippen molar-refractivity contribution in [1.29, 1.82) is 0 Å². The van der Waals surface area contributed by atoms with Crippen molar-refractivity contribution in [3.05, 3.63) is 43.0 Å². The van der Waals surface area contributed by atoms with Crippen molar-refractivity contribution in [2.24, 2.45) is 0 Å².